The van der Waals surface area contributed by atoms with Gasteiger partial charge in [-0.2, -0.15) is 0 Å². The van der Waals surface area contributed by atoms with Gasteiger partial charge >= 0.3 is 0 Å². The molecule has 0 aromatic rings. The van der Waals surface area contributed by atoms with Gasteiger partial charge in [-0.05, 0) is 18.3 Å². The molecule has 0 bridgehead atoms. The molecule has 3 unspecified atom stereocenters. The molecule has 1 aliphatic carbocycles. The predicted molar refractivity (Wildman–Crippen MR) is 47.3 cm³/mol. The van der Waals surface area contributed by atoms with E-state index in [1.807, 2.05) is 6.92 Å². The number of hydrogen-bond donors (Lipinski definition) is 1. The van der Waals surface area contributed by atoms with Gasteiger partial charge in [-0.3, -0.25) is 0 Å². The van der Waals surface area contributed by atoms with Crippen LogP contribution in [0.3, 0.4) is 0 Å². The molecule has 0 saturated heterocycles. The molecule has 1 fully saturated rings. The smallest absolute Gasteiger partial charge is 0.0583 e. The first-order valence-electron chi connectivity index (χ1n) is 4.22. The highest BCUT2D eigenvalue weighted by Gasteiger charge is 2.51. The Balaban J connectivity index is 2.62. The van der Waals surface area contributed by atoms with Crippen LogP contribution in [0.1, 0.15) is 27.7 Å². The summed E-state index contributed by atoms with van der Waals surface area (Å²) in [5.41, 5.74) is 1.51. The van der Waals surface area contributed by atoms with Crippen LogP contribution in [0.15, 0.2) is 12.2 Å². The van der Waals surface area contributed by atoms with Gasteiger partial charge in [-0.25, -0.2) is 0 Å². The Morgan fingerprint density at radius 1 is 1.45 bits per heavy atom. The molecule has 0 aromatic carbocycles. The standard InChI is InChI=1S/C10H18O/c1-6-8(7(2)11)9(6)10(3,4)5/h7-9,11H,1H2,2-5H3. The van der Waals surface area contributed by atoms with Gasteiger partial charge in [-0.1, -0.05) is 32.9 Å². The molecule has 0 spiro atoms. The average Bonchev–Trinajstić information content (AvgIpc) is 2.38. The molecule has 0 aliphatic heterocycles. The molecule has 0 radical (unpaired) electrons. The van der Waals surface area contributed by atoms with E-state index in [0.717, 1.165) is 0 Å². The lowest BCUT2D eigenvalue weighted by Crippen LogP contribution is -2.14. The highest BCUT2D eigenvalue weighted by molar-refractivity contribution is 5.30. The maximum absolute atomic E-state index is 9.34. The highest BCUT2D eigenvalue weighted by atomic mass is 16.3. The molecule has 11 heavy (non-hydrogen) atoms. The molecular formula is C10H18O. The molecule has 1 N–H and O–H groups in total. The zero-order chi connectivity index (χ0) is 8.81. The van der Waals surface area contributed by atoms with Crippen molar-refractivity contribution < 1.29 is 5.11 Å². The molecule has 0 aromatic heterocycles. The van der Waals surface area contributed by atoms with Crippen molar-refractivity contribution in [2.24, 2.45) is 17.3 Å². The molecule has 1 rings (SSSR count). The zero-order valence-corrected chi connectivity index (χ0v) is 7.89. The molecule has 1 aliphatic rings. The van der Waals surface area contributed by atoms with Crippen LogP contribution < -0.4 is 0 Å². The summed E-state index contributed by atoms with van der Waals surface area (Å²) in [6.45, 7) is 12.4. The van der Waals surface area contributed by atoms with Gasteiger partial charge in [0.1, 0.15) is 0 Å². The van der Waals surface area contributed by atoms with Gasteiger partial charge in [0.05, 0.1) is 6.10 Å². The maximum Gasteiger partial charge on any atom is 0.0583 e. The summed E-state index contributed by atoms with van der Waals surface area (Å²) in [5.74, 6) is 0.887. The van der Waals surface area contributed by atoms with Crippen molar-refractivity contribution in [2.75, 3.05) is 0 Å². The Hall–Kier alpha value is -0.300. The van der Waals surface area contributed by atoms with Gasteiger partial charge in [0.15, 0.2) is 0 Å². The van der Waals surface area contributed by atoms with E-state index in [1.54, 1.807) is 0 Å². The maximum atomic E-state index is 9.34. The van der Waals surface area contributed by atoms with Gasteiger partial charge in [0, 0.05) is 5.92 Å². The number of rotatable bonds is 1. The second kappa shape index (κ2) is 2.34. The topological polar surface area (TPSA) is 20.2 Å². The van der Waals surface area contributed by atoms with E-state index in [-0.39, 0.29) is 11.5 Å². The van der Waals surface area contributed by atoms with Crippen LogP contribution in [0.2, 0.25) is 0 Å². The minimum Gasteiger partial charge on any atom is -0.393 e. The van der Waals surface area contributed by atoms with Crippen molar-refractivity contribution in [2.45, 2.75) is 33.8 Å². The van der Waals surface area contributed by atoms with Crippen LogP contribution in [0.25, 0.3) is 0 Å². The molecule has 1 nitrogen and oxygen atoms in total. The van der Waals surface area contributed by atoms with Crippen molar-refractivity contribution in [3.8, 4) is 0 Å². The molecule has 0 amide bonds. The molecule has 64 valence electrons. The summed E-state index contributed by atoms with van der Waals surface area (Å²) in [7, 11) is 0. The summed E-state index contributed by atoms with van der Waals surface area (Å²) in [6.07, 6.45) is -0.216. The second-order valence-electron chi connectivity index (χ2n) is 4.68. The third kappa shape index (κ3) is 1.48. The minimum absolute atomic E-state index is 0.216. The fourth-order valence-corrected chi connectivity index (χ4v) is 2.02. The number of hydrogen-bond acceptors (Lipinski definition) is 1. The Kier molecular flexibility index (Phi) is 1.87. The zero-order valence-electron chi connectivity index (χ0n) is 7.89. The first-order valence-corrected chi connectivity index (χ1v) is 4.22. The van der Waals surface area contributed by atoms with E-state index >= 15 is 0 Å². The first kappa shape index (κ1) is 8.79. The number of aliphatic hydroxyl groups is 1. The Labute approximate surface area is 69.1 Å². The minimum atomic E-state index is -0.216. The van der Waals surface area contributed by atoms with Crippen LogP contribution in [-0.2, 0) is 0 Å². The van der Waals surface area contributed by atoms with E-state index in [2.05, 4.69) is 27.4 Å². The van der Waals surface area contributed by atoms with Crippen molar-refractivity contribution in [1.29, 1.82) is 0 Å². The normalized spacial score (nSPS) is 33.7. The predicted octanol–water partition coefficient (Wildman–Crippen LogP) is 2.22. The quantitative estimate of drug-likeness (QED) is 0.574. The van der Waals surface area contributed by atoms with Gasteiger partial charge in [0.2, 0.25) is 0 Å². The summed E-state index contributed by atoms with van der Waals surface area (Å²) in [4.78, 5) is 0. The van der Waals surface area contributed by atoms with Crippen molar-refractivity contribution in [3.05, 3.63) is 12.2 Å². The lowest BCUT2D eigenvalue weighted by Gasteiger charge is -2.18. The van der Waals surface area contributed by atoms with E-state index in [0.29, 0.717) is 11.8 Å². The lowest BCUT2D eigenvalue weighted by molar-refractivity contribution is 0.151. The van der Waals surface area contributed by atoms with E-state index < -0.39 is 0 Å². The van der Waals surface area contributed by atoms with E-state index in [4.69, 9.17) is 0 Å². The average molecular weight is 154 g/mol. The van der Waals surface area contributed by atoms with Crippen molar-refractivity contribution in [1.82, 2.24) is 0 Å². The van der Waals surface area contributed by atoms with Gasteiger partial charge < -0.3 is 5.11 Å². The highest BCUT2D eigenvalue weighted by Crippen LogP contribution is 2.56. The third-order valence-electron chi connectivity index (χ3n) is 2.53. The largest absolute Gasteiger partial charge is 0.393 e. The first-order chi connectivity index (χ1) is 4.85. The Morgan fingerprint density at radius 3 is 2.00 bits per heavy atom. The molecule has 0 heterocycles. The van der Waals surface area contributed by atoms with Crippen LogP contribution >= 0.6 is 0 Å². The van der Waals surface area contributed by atoms with E-state index in [9.17, 15) is 5.11 Å². The summed E-state index contributed by atoms with van der Waals surface area (Å²) < 4.78 is 0. The van der Waals surface area contributed by atoms with Crippen LogP contribution in [0.4, 0.5) is 0 Å². The van der Waals surface area contributed by atoms with Crippen molar-refractivity contribution in [3.63, 3.8) is 0 Å². The lowest BCUT2D eigenvalue weighted by atomic mass is 9.88. The fraction of sp³-hybridized carbons (Fsp3) is 0.800. The monoisotopic (exact) mass is 154 g/mol. The van der Waals surface area contributed by atoms with Crippen molar-refractivity contribution >= 4 is 0 Å². The van der Waals surface area contributed by atoms with Gasteiger partial charge in [0.25, 0.3) is 0 Å². The molecule has 1 heteroatoms. The van der Waals surface area contributed by atoms with Crippen LogP contribution in [0, 0.1) is 17.3 Å². The summed E-state index contributed by atoms with van der Waals surface area (Å²) >= 11 is 0. The fourth-order valence-electron chi connectivity index (χ4n) is 2.02. The Bertz CT molecular complexity index is 174. The van der Waals surface area contributed by atoms with Crippen LogP contribution in [0.5, 0.6) is 0 Å². The molecule has 1 saturated carbocycles. The Morgan fingerprint density at radius 2 is 1.91 bits per heavy atom. The SMILES string of the molecule is C=C1C(C(C)O)C1C(C)(C)C. The van der Waals surface area contributed by atoms with Gasteiger partial charge in [-0.15, -0.1) is 0 Å². The second-order valence-corrected chi connectivity index (χ2v) is 4.68. The summed E-state index contributed by atoms with van der Waals surface area (Å²) in [5, 5.41) is 9.34. The molecule has 3 atom stereocenters. The van der Waals surface area contributed by atoms with Crippen LogP contribution in [-0.4, -0.2) is 11.2 Å². The molecular weight excluding hydrogens is 136 g/mol. The number of aliphatic hydroxyl groups excluding tert-OH is 1. The van der Waals surface area contributed by atoms with E-state index in [1.165, 1.54) is 5.57 Å². The summed E-state index contributed by atoms with van der Waals surface area (Å²) in [6, 6.07) is 0. The third-order valence-corrected chi connectivity index (χ3v) is 2.53.